The van der Waals surface area contributed by atoms with Crippen molar-refractivity contribution in [1.82, 2.24) is 0 Å². The van der Waals surface area contributed by atoms with Crippen LogP contribution in [0.3, 0.4) is 0 Å². The van der Waals surface area contributed by atoms with Crippen molar-refractivity contribution in [3.8, 4) is 0 Å². The summed E-state index contributed by atoms with van der Waals surface area (Å²) in [5.41, 5.74) is 1.05. The van der Waals surface area contributed by atoms with Gasteiger partial charge in [-0.05, 0) is 32.4 Å². The number of esters is 2. The summed E-state index contributed by atoms with van der Waals surface area (Å²) < 4.78 is 9.93. The predicted octanol–water partition coefficient (Wildman–Crippen LogP) is 2.53. The van der Waals surface area contributed by atoms with Crippen molar-refractivity contribution in [3.63, 3.8) is 0 Å². The van der Waals surface area contributed by atoms with Crippen LogP contribution in [0.2, 0.25) is 0 Å². The molecule has 0 fully saturated rings. The van der Waals surface area contributed by atoms with Crippen molar-refractivity contribution in [1.29, 1.82) is 0 Å². The van der Waals surface area contributed by atoms with E-state index in [9.17, 15) is 9.59 Å². The van der Waals surface area contributed by atoms with E-state index in [1.807, 2.05) is 0 Å². The maximum Gasteiger partial charge on any atom is 0.338 e. The Hall–Kier alpha value is -1.84. The Balaban J connectivity index is 3.01. The minimum Gasteiger partial charge on any atom is -0.466 e. The normalized spacial score (nSPS) is 11.7. The van der Waals surface area contributed by atoms with Gasteiger partial charge in [-0.3, -0.25) is 4.79 Å². The van der Waals surface area contributed by atoms with Crippen LogP contribution in [0.1, 0.15) is 42.6 Å². The van der Waals surface area contributed by atoms with Crippen molar-refractivity contribution >= 4 is 11.9 Å². The van der Waals surface area contributed by atoms with E-state index >= 15 is 0 Å². The molecular formula is C14H18O4. The fourth-order valence-electron chi connectivity index (χ4n) is 1.66. The van der Waals surface area contributed by atoms with E-state index < -0.39 is 11.9 Å². The molecule has 0 aliphatic rings. The van der Waals surface area contributed by atoms with Gasteiger partial charge in [0.25, 0.3) is 0 Å². The number of carbonyl (C=O) groups excluding carboxylic acids is 2. The molecule has 4 heteroatoms. The smallest absolute Gasteiger partial charge is 0.338 e. The zero-order chi connectivity index (χ0) is 13.5. The van der Waals surface area contributed by atoms with E-state index in [1.54, 1.807) is 45.0 Å². The molecule has 0 amide bonds. The van der Waals surface area contributed by atoms with E-state index in [2.05, 4.69) is 0 Å². The average Bonchev–Trinajstić information content (AvgIpc) is 2.38. The summed E-state index contributed by atoms with van der Waals surface area (Å²) >= 11 is 0. The lowest BCUT2D eigenvalue weighted by Gasteiger charge is -2.14. The van der Waals surface area contributed by atoms with Gasteiger partial charge in [-0.2, -0.15) is 0 Å². The molecule has 1 unspecified atom stereocenters. The Morgan fingerprint density at radius 1 is 1.11 bits per heavy atom. The lowest BCUT2D eigenvalue weighted by Crippen LogP contribution is -2.17. The minimum atomic E-state index is -0.481. The molecule has 0 bridgehead atoms. The molecule has 0 aliphatic carbocycles. The topological polar surface area (TPSA) is 52.6 Å². The van der Waals surface area contributed by atoms with Crippen LogP contribution in [0.15, 0.2) is 24.3 Å². The van der Waals surface area contributed by atoms with E-state index in [1.165, 1.54) is 0 Å². The Kier molecular flexibility index (Phi) is 5.36. The van der Waals surface area contributed by atoms with Crippen LogP contribution in [0.25, 0.3) is 0 Å². The van der Waals surface area contributed by atoms with Gasteiger partial charge in [0.05, 0.1) is 24.7 Å². The lowest BCUT2D eigenvalue weighted by molar-refractivity contribution is -0.144. The Morgan fingerprint density at radius 2 is 1.72 bits per heavy atom. The molecule has 0 aliphatic heterocycles. The molecule has 18 heavy (non-hydrogen) atoms. The zero-order valence-electron chi connectivity index (χ0n) is 10.9. The molecule has 0 saturated carbocycles. The third kappa shape index (κ3) is 3.32. The second-order valence-corrected chi connectivity index (χ2v) is 3.78. The highest BCUT2D eigenvalue weighted by Crippen LogP contribution is 2.22. The first-order valence-corrected chi connectivity index (χ1v) is 6.04. The molecule has 1 atom stereocenters. The van der Waals surface area contributed by atoms with Gasteiger partial charge in [0.1, 0.15) is 0 Å². The number of ether oxygens (including phenoxy) is 2. The first-order chi connectivity index (χ1) is 8.61. The summed E-state index contributed by atoms with van der Waals surface area (Å²) in [6.07, 6.45) is 0. The van der Waals surface area contributed by atoms with Crippen molar-refractivity contribution in [2.24, 2.45) is 0 Å². The maximum atomic E-state index is 11.8. The first-order valence-electron chi connectivity index (χ1n) is 6.04. The molecule has 0 heterocycles. The molecule has 1 aromatic rings. The van der Waals surface area contributed by atoms with Gasteiger partial charge < -0.3 is 9.47 Å². The summed E-state index contributed by atoms with van der Waals surface area (Å²) in [6.45, 7) is 5.85. The van der Waals surface area contributed by atoms with Crippen molar-refractivity contribution in [2.45, 2.75) is 26.7 Å². The third-order valence-corrected chi connectivity index (χ3v) is 2.56. The van der Waals surface area contributed by atoms with Crippen molar-refractivity contribution < 1.29 is 19.1 Å². The fraction of sp³-hybridized carbons (Fsp3) is 0.429. The van der Waals surface area contributed by atoms with Gasteiger partial charge in [-0.1, -0.05) is 18.2 Å². The number of carbonyl (C=O) groups is 2. The highest BCUT2D eigenvalue weighted by Gasteiger charge is 2.22. The largest absolute Gasteiger partial charge is 0.466 e. The number of rotatable bonds is 5. The Labute approximate surface area is 107 Å². The van der Waals surface area contributed by atoms with Crippen LogP contribution in [0, 0.1) is 0 Å². The van der Waals surface area contributed by atoms with Gasteiger partial charge >= 0.3 is 11.9 Å². The van der Waals surface area contributed by atoms with Crippen LogP contribution >= 0.6 is 0 Å². The van der Waals surface area contributed by atoms with Crippen molar-refractivity contribution in [2.75, 3.05) is 13.2 Å². The van der Waals surface area contributed by atoms with Crippen LogP contribution in [-0.2, 0) is 14.3 Å². The van der Waals surface area contributed by atoms with E-state index in [0.29, 0.717) is 24.3 Å². The molecule has 0 saturated heterocycles. The average molecular weight is 250 g/mol. The summed E-state index contributed by atoms with van der Waals surface area (Å²) in [7, 11) is 0. The van der Waals surface area contributed by atoms with E-state index in [0.717, 1.165) is 0 Å². The number of hydrogen-bond acceptors (Lipinski definition) is 4. The van der Waals surface area contributed by atoms with Crippen LogP contribution < -0.4 is 0 Å². The zero-order valence-corrected chi connectivity index (χ0v) is 10.9. The predicted molar refractivity (Wildman–Crippen MR) is 67.4 cm³/mol. The number of hydrogen-bond donors (Lipinski definition) is 0. The molecule has 4 nitrogen and oxygen atoms in total. The highest BCUT2D eigenvalue weighted by molar-refractivity contribution is 5.93. The van der Waals surface area contributed by atoms with Crippen LogP contribution in [0.4, 0.5) is 0 Å². The molecule has 0 spiro atoms. The molecule has 1 aromatic carbocycles. The Bertz CT molecular complexity index is 426. The van der Waals surface area contributed by atoms with E-state index in [-0.39, 0.29) is 5.97 Å². The minimum absolute atomic E-state index is 0.307. The van der Waals surface area contributed by atoms with Crippen molar-refractivity contribution in [3.05, 3.63) is 35.4 Å². The Morgan fingerprint density at radius 3 is 2.33 bits per heavy atom. The molecule has 0 radical (unpaired) electrons. The standard InChI is InChI=1S/C14H18O4/c1-4-17-13(15)10(3)11-8-6-7-9-12(11)14(16)18-5-2/h6-10H,4-5H2,1-3H3. The SMILES string of the molecule is CCOC(=O)c1ccccc1C(C)C(=O)OCC. The maximum absolute atomic E-state index is 11.8. The second-order valence-electron chi connectivity index (χ2n) is 3.78. The second kappa shape index (κ2) is 6.79. The molecule has 98 valence electrons. The molecular weight excluding hydrogens is 232 g/mol. The van der Waals surface area contributed by atoms with Gasteiger partial charge in [-0.15, -0.1) is 0 Å². The third-order valence-electron chi connectivity index (χ3n) is 2.56. The van der Waals surface area contributed by atoms with Gasteiger partial charge in [0, 0.05) is 0 Å². The van der Waals surface area contributed by atoms with Gasteiger partial charge in [0.2, 0.25) is 0 Å². The summed E-state index contributed by atoms with van der Waals surface area (Å²) in [6, 6.07) is 6.93. The fourth-order valence-corrected chi connectivity index (χ4v) is 1.66. The van der Waals surface area contributed by atoms with E-state index in [4.69, 9.17) is 9.47 Å². The van der Waals surface area contributed by atoms with Crippen LogP contribution in [-0.4, -0.2) is 25.2 Å². The monoisotopic (exact) mass is 250 g/mol. The quantitative estimate of drug-likeness (QED) is 0.753. The van der Waals surface area contributed by atoms with Gasteiger partial charge in [0.15, 0.2) is 0 Å². The molecule has 0 N–H and O–H groups in total. The highest BCUT2D eigenvalue weighted by atomic mass is 16.5. The van der Waals surface area contributed by atoms with Gasteiger partial charge in [-0.25, -0.2) is 4.79 Å². The lowest BCUT2D eigenvalue weighted by atomic mass is 9.96. The molecule has 1 rings (SSSR count). The molecule has 0 aromatic heterocycles. The van der Waals surface area contributed by atoms with Crippen LogP contribution in [0.5, 0.6) is 0 Å². The first kappa shape index (κ1) is 14.2. The summed E-state index contributed by atoms with van der Waals surface area (Å²) in [5, 5.41) is 0. The summed E-state index contributed by atoms with van der Waals surface area (Å²) in [5.74, 6) is -1.23. The summed E-state index contributed by atoms with van der Waals surface area (Å²) in [4.78, 5) is 23.5. The number of benzene rings is 1.